The number of para-hydroxylation sites is 1. The molecule has 3 rings (SSSR count). The molecular weight excluding hydrogens is 449 g/mol. The summed E-state index contributed by atoms with van der Waals surface area (Å²) in [6.45, 7) is 4.75. The lowest BCUT2D eigenvalue weighted by Gasteiger charge is -2.16. The van der Waals surface area contributed by atoms with E-state index < -0.39 is 12.3 Å². The topological polar surface area (TPSA) is 73.6 Å². The number of aryl methyl sites for hydroxylation is 1. The van der Waals surface area contributed by atoms with Crippen molar-refractivity contribution < 1.29 is 32.5 Å². The van der Waals surface area contributed by atoms with E-state index in [0.29, 0.717) is 24.5 Å². The maximum absolute atomic E-state index is 12.4. The Bertz CT molecular complexity index is 1090. The van der Waals surface area contributed by atoms with E-state index in [4.69, 9.17) is 9.84 Å². The van der Waals surface area contributed by atoms with Gasteiger partial charge in [0.05, 0.1) is 13.2 Å². The van der Waals surface area contributed by atoms with Gasteiger partial charge in [-0.3, -0.25) is 4.79 Å². The molecule has 0 aliphatic rings. The molecule has 1 heterocycles. The molecule has 182 valence electrons. The van der Waals surface area contributed by atoms with Gasteiger partial charge in [0.15, 0.2) is 0 Å². The summed E-state index contributed by atoms with van der Waals surface area (Å²) in [6, 6.07) is 13.2. The Morgan fingerprint density at radius 2 is 1.85 bits per heavy atom. The average molecular weight is 476 g/mol. The highest BCUT2D eigenvalue weighted by atomic mass is 19.4. The van der Waals surface area contributed by atoms with Crippen molar-refractivity contribution in [2.45, 2.75) is 46.0 Å². The van der Waals surface area contributed by atoms with E-state index in [1.807, 2.05) is 42.7 Å². The summed E-state index contributed by atoms with van der Waals surface area (Å²) >= 11 is 0. The van der Waals surface area contributed by atoms with Crippen molar-refractivity contribution in [2.24, 2.45) is 5.92 Å². The van der Waals surface area contributed by atoms with E-state index in [1.165, 1.54) is 12.1 Å². The predicted octanol–water partition coefficient (Wildman–Crippen LogP) is 6.08. The molecule has 3 aromatic rings. The number of carboxylic acid groups (broad SMARTS) is 1. The Hall–Kier alpha value is -3.49. The molecule has 0 radical (unpaired) electrons. The van der Waals surface area contributed by atoms with Gasteiger partial charge in [-0.1, -0.05) is 25.1 Å². The number of alkyl halides is 3. The van der Waals surface area contributed by atoms with Crippen LogP contribution in [0.5, 0.6) is 11.5 Å². The number of nitrogens with zero attached hydrogens (tertiary/aromatic N) is 2. The van der Waals surface area contributed by atoms with E-state index in [1.54, 1.807) is 18.3 Å². The molecule has 0 bridgehead atoms. The number of aromatic nitrogens is 2. The summed E-state index contributed by atoms with van der Waals surface area (Å²) in [5.74, 6) is 0.338. The zero-order chi connectivity index (χ0) is 24.7. The van der Waals surface area contributed by atoms with Crippen molar-refractivity contribution in [3.63, 3.8) is 0 Å². The number of benzene rings is 2. The van der Waals surface area contributed by atoms with Gasteiger partial charge in [-0.05, 0) is 56.0 Å². The van der Waals surface area contributed by atoms with Crippen molar-refractivity contribution in [3.05, 3.63) is 66.0 Å². The Labute approximate surface area is 196 Å². The zero-order valence-corrected chi connectivity index (χ0v) is 19.0. The van der Waals surface area contributed by atoms with Crippen LogP contribution in [0.2, 0.25) is 0 Å². The van der Waals surface area contributed by atoms with Crippen LogP contribution in [0.1, 0.15) is 37.4 Å². The summed E-state index contributed by atoms with van der Waals surface area (Å²) in [4.78, 5) is 15.2. The lowest BCUT2D eigenvalue weighted by Crippen LogP contribution is -2.17. The second-order valence-corrected chi connectivity index (χ2v) is 8.18. The Balaban J connectivity index is 1.70. The first-order chi connectivity index (χ1) is 16.1. The van der Waals surface area contributed by atoms with Crippen molar-refractivity contribution >= 4 is 5.97 Å². The highest BCUT2D eigenvalue weighted by molar-refractivity contribution is 5.66. The number of hydrogen-bond acceptors (Lipinski definition) is 4. The van der Waals surface area contributed by atoms with Crippen molar-refractivity contribution in [3.8, 4) is 22.9 Å². The van der Waals surface area contributed by atoms with Crippen LogP contribution in [0.15, 0.2) is 54.7 Å². The van der Waals surface area contributed by atoms with E-state index in [0.717, 1.165) is 29.8 Å². The number of halogens is 3. The van der Waals surface area contributed by atoms with Gasteiger partial charge in [0, 0.05) is 29.4 Å². The first-order valence-electron chi connectivity index (χ1n) is 10.9. The van der Waals surface area contributed by atoms with Crippen molar-refractivity contribution in [1.29, 1.82) is 0 Å². The molecule has 1 atom stereocenters. The van der Waals surface area contributed by atoms with Crippen LogP contribution in [0.25, 0.3) is 11.4 Å². The molecule has 2 aromatic carbocycles. The minimum Gasteiger partial charge on any atom is -0.493 e. The van der Waals surface area contributed by atoms with Crippen molar-refractivity contribution in [1.82, 2.24) is 9.55 Å². The summed E-state index contributed by atoms with van der Waals surface area (Å²) in [7, 11) is 0. The summed E-state index contributed by atoms with van der Waals surface area (Å²) < 4.78 is 49.2. The fraction of sp³-hybridized carbons (Fsp3) is 0.360. The van der Waals surface area contributed by atoms with Crippen LogP contribution in [0, 0.1) is 12.8 Å². The summed E-state index contributed by atoms with van der Waals surface area (Å²) in [5.41, 5.74) is 2.48. The highest BCUT2D eigenvalue weighted by Gasteiger charge is 2.31. The first kappa shape index (κ1) is 25.1. The van der Waals surface area contributed by atoms with E-state index >= 15 is 0 Å². The molecule has 0 saturated carbocycles. The quantitative estimate of drug-likeness (QED) is 0.340. The molecule has 0 amide bonds. The minimum atomic E-state index is -4.74. The first-order valence-corrected chi connectivity index (χ1v) is 10.9. The normalized spacial score (nSPS) is 12.4. The molecule has 0 unspecified atom stereocenters. The molecule has 34 heavy (non-hydrogen) atoms. The number of carbonyl (C=O) groups is 1. The lowest BCUT2D eigenvalue weighted by atomic mass is 10.0. The van der Waals surface area contributed by atoms with Gasteiger partial charge in [0.1, 0.15) is 17.3 Å². The van der Waals surface area contributed by atoms with Crippen LogP contribution in [-0.2, 0) is 11.3 Å². The molecule has 0 saturated heterocycles. The average Bonchev–Trinajstić information content (AvgIpc) is 3.11. The Morgan fingerprint density at radius 1 is 1.15 bits per heavy atom. The van der Waals surface area contributed by atoms with Gasteiger partial charge in [-0.15, -0.1) is 13.2 Å². The molecule has 0 spiro atoms. The largest absolute Gasteiger partial charge is 0.573 e. The maximum Gasteiger partial charge on any atom is 0.573 e. The third-order valence-corrected chi connectivity index (χ3v) is 5.32. The van der Waals surface area contributed by atoms with Gasteiger partial charge < -0.3 is 19.1 Å². The van der Waals surface area contributed by atoms with Crippen LogP contribution in [0.4, 0.5) is 13.2 Å². The molecule has 0 fully saturated rings. The number of rotatable bonds is 11. The predicted molar refractivity (Wildman–Crippen MR) is 121 cm³/mol. The SMILES string of the molecule is Cc1cnc(-c2ccc(OC(F)(F)F)cc2)n1Cc1ccccc1OCCC[C@@H](C)CC(=O)O. The third-order valence-electron chi connectivity index (χ3n) is 5.32. The van der Waals surface area contributed by atoms with E-state index in [9.17, 15) is 18.0 Å². The Kier molecular flexibility index (Phi) is 8.20. The zero-order valence-electron chi connectivity index (χ0n) is 19.0. The minimum absolute atomic E-state index is 0.0837. The molecular formula is C25H27F3N2O4. The molecule has 1 aromatic heterocycles. The summed E-state index contributed by atoms with van der Waals surface area (Å²) in [6.07, 6.45) is -1.39. The smallest absolute Gasteiger partial charge is 0.493 e. The fourth-order valence-electron chi connectivity index (χ4n) is 3.66. The van der Waals surface area contributed by atoms with Crippen LogP contribution in [-0.4, -0.2) is 33.6 Å². The monoisotopic (exact) mass is 476 g/mol. The van der Waals surface area contributed by atoms with Crippen molar-refractivity contribution in [2.75, 3.05) is 6.61 Å². The molecule has 0 aliphatic carbocycles. The van der Waals surface area contributed by atoms with Crippen LogP contribution >= 0.6 is 0 Å². The second kappa shape index (κ2) is 11.1. The number of imidazole rings is 1. The fourth-order valence-corrected chi connectivity index (χ4v) is 3.66. The Morgan fingerprint density at radius 3 is 2.53 bits per heavy atom. The number of carboxylic acids is 1. The maximum atomic E-state index is 12.4. The van der Waals surface area contributed by atoms with Gasteiger partial charge in [-0.2, -0.15) is 0 Å². The molecule has 9 heteroatoms. The van der Waals surface area contributed by atoms with Gasteiger partial charge in [-0.25, -0.2) is 4.98 Å². The molecule has 0 aliphatic heterocycles. The number of aliphatic carboxylic acids is 1. The highest BCUT2D eigenvalue weighted by Crippen LogP contribution is 2.28. The van der Waals surface area contributed by atoms with E-state index in [2.05, 4.69) is 9.72 Å². The number of ether oxygens (including phenoxy) is 2. The lowest BCUT2D eigenvalue weighted by molar-refractivity contribution is -0.274. The summed E-state index contributed by atoms with van der Waals surface area (Å²) in [5, 5.41) is 8.87. The van der Waals surface area contributed by atoms with Crippen LogP contribution in [0.3, 0.4) is 0 Å². The standard InChI is InChI=1S/C25H27F3N2O4/c1-17(14-23(31)32)6-5-13-33-22-8-4-3-7-20(22)16-30-18(2)15-29-24(30)19-9-11-21(12-10-19)34-25(26,27)28/h3-4,7-12,15,17H,5-6,13-14,16H2,1-2H3,(H,31,32)/t17-/m1/s1. The van der Waals surface area contributed by atoms with E-state index in [-0.39, 0.29) is 18.1 Å². The molecule has 1 N–H and O–H groups in total. The van der Waals surface area contributed by atoms with Gasteiger partial charge >= 0.3 is 12.3 Å². The second-order valence-electron chi connectivity index (χ2n) is 8.18. The van der Waals surface area contributed by atoms with Crippen LogP contribution < -0.4 is 9.47 Å². The number of hydrogen-bond donors (Lipinski definition) is 1. The third kappa shape index (κ3) is 7.26. The molecule has 6 nitrogen and oxygen atoms in total. The van der Waals surface area contributed by atoms with Gasteiger partial charge in [0.25, 0.3) is 0 Å². The van der Waals surface area contributed by atoms with Gasteiger partial charge in [0.2, 0.25) is 0 Å².